The van der Waals surface area contributed by atoms with E-state index in [2.05, 4.69) is 13.8 Å². The van der Waals surface area contributed by atoms with Gasteiger partial charge in [-0.3, -0.25) is 9.59 Å². The van der Waals surface area contributed by atoms with Crippen LogP contribution in [0.2, 0.25) is 0 Å². The summed E-state index contributed by atoms with van der Waals surface area (Å²) in [6.45, 7) is 6.29. The van der Waals surface area contributed by atoms with E-state index in [0.29, 0.717) is 19.3 Å². The van der Waals surface area contributed by atoms with E-state index >= 15 is 0 Å². The number of fused-ring (bicyclic) bond motifs is 1. The van der Waals surface area contributed by atoms with Crippen LogP contribution >= 0.6 is 23.1 Å². The second-order valence-corrected chi connectivity index (χ2v) is 11.8. The summed E-state index contributed by atoms with van der Waals surface area (Å²) in [6, 6.07) is 7.90. The summed E-state index contributed by atoms with van der Waals surface area (Å²) in [7, 11) is 0. The van der Waals surface area contributed by atoms with Crippen molar-refractivity contribution in [1.29, 1.82) is 0 Å². The first-order valence-electron chi connectivity index (χ1n) is 12.9. The molecule has 0 aliphatic rings. The number of rotatable bonds is 18. The number of carbonyl (C=O) groups is 2. The van der Waals surface area contributed by atoms with Crippen LogP contribution < -0.4 is 0 Å². The molecule has 0 radical (unpaired) electrons. The molecule has 0 amide bonds. The molecule has 2 N–H and O–H groups in total. The minimum absolute atomic E-state index is 0.337. The zero-order valence-electron chi connectivity index (χ0n) is 20.9. The molecule has 2 aromatic rings. The lowest BCUT2D eigenvalue weighted by Crippen LogP contribution is -2.47. The van der Waals surface area contributed by atoms with Crippen LogP contribution in [0.1, 0.15) is 97.8 Å². The standard InChI is InChI=1S/C27H41NO4S2/c1-4-7-9-13-18-27(25(31)32,19-14-10-8-5-2)23(24(29)30)22(15-6-3)34-26-28-20-16-11-12-17-21(20)33-26/h11-12,16-17,22-23H,4-10,13-15,18-19H2,1-3H3,(H,29,30)(H,31,32). The smallest absolute Gasteiger partial charge is 0.310 e. The molecule has 0 aliphatic carbocycles. The average Bonchev–Trinajstić information content (AvgIpc) is 3.21. The number of thioether (sulfide) groups is 1. The van der Waals surface area contributed by atoms with Gasteiger partial charge in [-0.2, -0.15) is 0 Å². The van der Waals surface area contributed by atoms with E-state index < -0.39 is 23.3 Å². The molecule has 0 fully saturated rings. The van der Waals surface area contributed by atoms with E-state index in [4.69, 9.17) is 4.98 Å². The highest BCUT2D eigenvalue weighted by Crippen LogP contribution is 2.48. The van der Waals surface area contributed by atoms with Crippen molar-refractivity contribution in [2.75, 3.05) is 0 Å². The third-order valence-electron chi connectivity index (χ3n) is 6.71. The minimum atomic E-state index is -1.25. The van der Waals surface area contributed by atoms with Crippen molar-refractivity contribution in [2.45, 2.75) is 107 Å². The molecule has 0 spiro atoms. The molecule has 0 aliphatic heterocycles. The lowest BCUT2D eigenvalue weighted by atomic mass is 9.66. The number of para-hydroxylation sites is 1. The van der Waals surface area contributed by atoms with Gasteiger partial charge in [0.25, 0.3) is 0 Å². The lowest BCUT2D eigenvalue weighted by molar-refractivity contribution is -0.164. The number of hydrogen-bond acceptors (Lipinski definition) is 5. The van der Waals surface area contributed by atoms with Gasteiger partial charge in [-0.15, -0.1) is 11.3 Å². The van der Waals surface area contributed by atoms with Gasteiger partial charge in [0.2, 0.25) is 0 Å². The van der Waals surface area contributed by atoms with E-state index in [-0.39, 0.29) is 5.25 Å². The number of benzene rings is 1. The summed E-state index contributed by atoms with van der Waals surface area (Å²) < 4.78 is 1.89. The first kappa shape index (κ1) is 28.6. The van der Waals surface area contributed by atoms with E-state index in [9.17, 15) is 19.8 Å². The quantitative estimate of drug-likeness (QED) is 0.156. The summed E-state index contributed by atoms with van der Waals surface area (Å²) in [6.07, 6.45) is 9.89. The number of hydrogen-bond donors (Lipinski definition) is 2. The SMILES string of the molecule is CCCCCCC(CCCCCC)(C(=O)O)C(C(=O)O)C(CCC)Sc1nc2ccccc2s1. The molecule has 190 valence electrons. The van der Waals surface area contributed by atoms with Crippen molar-refractivity contribution >= 4 is 45.3 Å². The Bertz CT molecular complexity index is 853. The second kappa shape index (κ2) is 14.7. The van der Waals surface area contributed by atoms with Gasteiger partial charge in [0.1, 0.15) is 0 Å². The fourth-order valence-electron chi connectivity index (χ4n) is 4.88. The number of thiazole rings is 1. The van der Waals surface area contributed by atoms with Gasteiger partial charge in [-0.25, -0.2) is 4.98 Å². The van der Waals surface area contributed by atoms with Crippen molar-refractivity contribution < 1.29 is 19.8 Å². The first-order valence-corrected chi connectivity index (χ1v) is 14.6. The Labute approximate surface area is 212 Å². The second-order valence-electron chi connectivity index (χ2n) is 9.29. The lowest BCUT2D eigenvalue weighted by Gasteiger charge is -2.39. The summed E-state index contributed by atoms with van der Waals surface area (Å²) in [5, 5.41) is 20.7. The zero-order chi connectivity index (χ0) is 25.0. The Kier molecular flexibility index (Phi) is 12.4. The van der Waals surface area contributed by atoms with Gasteiger partial charge in [0.05, 0.1) is 21.5 Å². The molecule has 1 aromatic carbocycles. The molecule has 34 heavy (non-hydrogen) atoms. The predicted octanol–water partition coefficient (Wildman–Crippen LogP) is 8.27. The summed E-state index contributed by atoms with van der Waals surface area (Å²) in [5.41, 5.74) is -0.350. The number of unbranched alkanes of at least 4 members (excludes halogenated alkanes) is 6. The number of nitrogens with zero attached hydrogens (tertiary/aromatic N) is 1. The largest absolute Gasteiger partial charge is 0.481 e. The van der Waals surface area contributed by atoms with E-state index in [1.54, 1.807) is 11.3 Å². The molecular weight excluding hydrogens is 466 g/mol. The van der Waals surface area contributed by atoms with Gasteiger partial charge < -0.3 is 10.2 Å². The van der Waals surface area contributed by atoms with Crippen LogP contribution in [0.15, 0.2) is 28.6 Å². The van der Waals surface area contributed by atoms with Crippen molar-refractivity contribution in [3.8, 4) is 0 Å². The van der Waals surface area contributed by atoms with E-state index in [1.807, 2.05) is 31.2 Å². The highest BCUT2D eigenvalue weighted by molar-refractivity contribution is 8.01. The van der Waals surface area contributed by atoms with Crippen LogP contribution in [-0.4, -0.2) is 32.4 Å². The van der Waals surface area contributed by atoms with Crippen LogP contribution in [0.5, 0.6) is 0 Å². The molecular formula is C27H41NO4S2. The van der Waals surface area contributed by atoms with Crippen molar-refractivity contribution in [2.24, 2.45) is 11.3 Å². The van der Waals surface area contributed by atoms with Crippen molar-refractivity contribution in [3.05, 3.63) is 24.3 Å². The van der Waals surface area contributed by atoms with Gasteiger partial charge in [0, 0.05) is 5.25 Å². The van der Waals surface area contributed by atoms with E-state index in [1.165, 1.54) is 11.8 Å². The zero-order valence-corrected chi connectivity index (χ0v) is 22.6. The van der Waals surface area contributed by atoms with Crippen molar-refractivity contribution in [1.82, 2.24) is 4.98 Å². The predicted molar refractivity (Wildman–Crippen MR) is 143 cm³/mol. The van der Waals surface area contributed by atoms with Gasteiger partial charge in [0.15, 0.2) is 4.34 Å². The van der Waals surface area contributed by atoms with Gasteiger partial charge in [-0.1, -0.05) is 102 Å². The summed E-state index contributed by atoms with van der Waals surface area (Å²) in [4.78, 5) is 30.4. The number of aromatic nitrogens is 1. The number of carboxylic acid groups (broad SMARTS) is 2. The maximum atomic E-state index is 12.9. The molecule has 1 aromatic heterocycles. The van der Waals surface area contributed by atoms with Crippen LogP contribution in [0, 0.1) is 11.3 Å². The van der Waals surface area contributed by atoms with Crippen LogP contribution in [-0.2, 0) is 9.59 Å². The maximum absolute atomic E-state index is 12.9. The van der Waals surface area contributed by atoms with Crippen molar-refractivity contribution in [3.63, 3.8) is 0 Å². The molecule has 0 saturated carbocycles. The normalized spacial score (nSPS) is 13.7. The minimum Gasteiger partial charge on any atom is -0.481 e. The first-order chi connectivity index (χ1) is 16.4. The van der Waals surface area contributed by atoms with Crippen LogP contribution in [0.3, 0.4) is 0 Å². The molecule has 0 bridgehead atoms. The Balaban J connectivity index is 2.42. The highest BCUT2D eigenvalue weighted by atomic mass is 32.2. The van der Waals surface area contributed by atoms with Gasteiger partial charge in [-0.05, 0) is 31.4 Å². The third kappa shape index (κ3) is 7.70. The van der Waals surface area contributed by atoms with Gasteiger partial charge >= 0.3 is 11.9 Å². The highest BCUT2D eigenvalue weighted by Gasteiger charge is 2.52. The Morgan fingerprint density at radius 2 is 1.56 bits per heavy atom. The molecule has 2 rings (SSSR count). The average molecular weight is 508 g/mol. The molecule has 2 unspecified atom stereocenters. The molecule has 0 saturated heterocycles. The Morgan fingerprint density at radius 3 is 2.06 bits per heavy atom. The molecule has 2 atom stereocenters. The molecule has 7 heteroatoms. The third-order valence-corrected chi connectivity index (χ3v) is 9.18. The summed E-state index contributed by atoms with van der Waals surface area (Å²) in [5.74, 6) is -2.88. The number of aliphatic carboxylic acids is 2. The fraction of sp³-hybridized carbons (Fsp3) is 0.667. The van der Waals surface area contributed by atoms with Crippen LogP contribution in [0.25, 0.3) is 10.2 Å². The Hall–Kier alpha value is -1.60. The summed E-state index contributed by atoms with van der Waals surface area (Å²) >= 11 is 3.03. The maximum Gasteiger partial charge on any atom is 0.310 e. The molecule has 5 nitrogen and oxygen atoms in total. The van der Waals surface area contributed by atoms with E-state index in [0.717, 1.165) is 72.3 Å². The Morgan fingerprint density at radius 1 is 0.941 bits per heavy atom. The van der Waals surface area contributed by atoms with Crippen LogP contribution in [0.4, 0.5) is 0 Å². The monoisotopic (exact) mass is 507 g/mol. The fourth-order valence-corrected chi connectivity index (χ4v) is 7.68. The molecule has 1 heterocycles. The topological polar surface area (TPSA) is 87.5 Å². The number of carboxylic acids is 2.